The molecule has 1 aromatic heterocycles. The SMILES string of the molecule is CC(C)(C)[S+]([O-])N=Cc1ccncc1. The number of aromatic nitrogens is 1. The van der Waals surface area contributed by atoms with E-state index in [1.54, 1.807) is 18.6 Å². The van der Waals surface area contributed by atoms with E-state index in [0.717, 1.165) is 5.56 Å². The molecule has 3 nitrogen and oxygen atoms in total. The second-order valence-corrected chi connectivity index (χ2v) is 5.81. The van der Waals surface area contributed by atoms with E-state index in [-0.39, 0.29) is 4.75 Å². The first-order valence-electron chi connectivity index (χ1n) is 4.36. The van der Waals surface area contributed by atoms with Gasteiger partial charge in [-0.05, 0) is 32.9 Å². The zero-order valence-electron chi connectivity index (χ0n) is 8.60. The van der Waals surface area contributed by atoms with Gasteiger partial charge in [0.15, 0.2) is 0 Å². The van der Waals surface area contributed by atoms with Gasteiger partial charge in [0.1, 0.15) is 16.1 Å². The highest BCUT2D eigenvalue weighted by Gasteiger charge is 2.25. The molecule has 0 fully saturated rings. The molecule has 1 rings (SSSR count). The van der Waals surface area contributed by atoms with Gasteiger partial charge in [0, 0.05) is 18.0 Å². The van der Waals surface area contributed by atoms with Crippen molar-refractivity contribution >= 4 is 17.6 Å². The maximum absolute atomic E-state index is 11.5. The predicted molar refractivity (Wildman–Crippen MR) is 59.7 cm³/mol. The lowest BCUT2D eigenvalue weighted by molar-refractivity contribution is 0.562. The average molecular weight is 210 g/mol. The molecule has 76 valence electrons. The summed E-state index contributed by atoms with van der Waals surface area (Å²) in [5.74, 6) is 0. The summed E-state index contributed by atoms with van der Waals surface area (Å²) >= 11 is -1.19. The summed E-state index contributed by atoms with van der Waals surface area (Å²) in [4.78, 5) is 3.88. The second kappa shape index (κ2) is 4.57. The number of rotatable bonds is 2. The van der Waals surface area contributed by atoms with E-state index >= 15 is 0 Å². The molecular formula is C10H14N2OS. The van der Waals surface area contributed by atoms with Gasteiger partial charge in [0.05, 0.1) is 6.21 Å². The highest BCUT2D eigenvalue weighted by Crippen LogP contribution is 2.16. The number of nitrogens with zero attached hydrogens (tertiary/aromatic N) is 2. The second-order valence-electron chi connectivity index (χ2n) is 3.88. The zero-order chi connectivity index (χ0) is 10.6. The highest BCUT2D eigenvalue weighted by molar-refractivity contribution is 7.91. The summed E-state index contributed by atoms with van der Waals surface area (Å²) in [6.07, 6.45) is 4.98. The van der Waals surface area contributed by atoms with Gasteiger partial charge in [-0.15, -0.1) is 0 Å². The van der Waals surface area contributed by atoms with Crippen LogP contribution in [0.4, 0.5) is 0 Å². The van der Waals surface area contributed by atoms with Crippen LogP contribution in [-0.2, 0) is 11.4 Å². The molecule has 1 atom stereocenters. The monoisotopic (exact) mass is 210 g/mol. The maximum atomic E-state index is 11.5. The molecule has 0 aliphatic heterocycles. The fraction of sp³-hybridized carbons (Fsp3) is 0.400. The Hall–Kier alpha value is -0.870. The Morgan fingerprint density at radius 1 is 1.36 bits per heavy atom. The van der Waals surface area contributed by atoms with Gasteiger partial charge in [-0.1, -0.05) is 4.40 Å². The lowest BCUT2D eigenvalue weighted by atomic mass is 10.3. The fourth-order valence-electron chi connectivity index (χ4n) is 0.716. The van der Waals surface area contributed by atoms with Gasteiger partial charge in [-0.25, -0.2) is 0 Å². The van der Waals surface area contributed by atoms with Crippen LogP contribution in [0, 0.1) is 0 Å². The van der Waals surface area contributed by atoms with Crippen LogP contribution in [0.15, 0.2) is 28.9 Å². The van der Waals surface area contributed by atoms with Crippen LogP contribution < -0.4 is 0 Å². The Balaban J connectivity index is 2.66. The maximum Gasteiger partial charge on any atom is 0.144 e. The summed E-state index contributed by atoms with van der Waals surface area (Å²) in [7, 11) is 0. The van der Waals surface area contributed by atoms with E-state index in [0.29, 0.717) is 0 Å². The summed E-state index contributed by atoms with van der Waals surface area (Å²) in [6, 6.07) is 3.65. The Morgan fingerprint density at radius 2 is 1.93 bits per heavy atom. The first-order valence-corrected chi connectivity index (χ1v) is 5.47. The van der Waals surface area contributed by atoms with Crippen molar-refractivity contribution in [3.05, 3.63) is 30.1 Å². The molecule has 0 aromatic carbocycles. The predicted octanol–water partition coefficient (Wildman–Crippen LogP) is 1.96. The van der Waals surface area contributed by atoms with Crippen LogP contribution in [0.2, 0.25) is 0 Å². The van der Waals surface area contributed by atoms with Crippen LogP contribution in [0.1, 0.15) is 26.3 Å². The van der Waals surface area contributed by atoms with Crippen LogP contribution in [0.5, 0.6) is 0 Å². The number of pyridine rings is 1. The van der Waals surface area contributed by atoms with E-state index in [1.807, 2.05) is 32.9 Å². The topological polar surface area (TPSA) is 48.3 Å². The standard InChI is InChI=1S/C10H14N2OS/c1-10(2,3)14(13)12-8-9-4-6-11-7-5-9/h4-8H,1-3H3. The third-order valence-electron chi connectivity index (χ3n) is 1.53. The van der Waals surface area contributed by atoms with E-state index in [1.165, 1.54) is 0 Å². The summed E-state index contributed by atoms with van der Waals surface area (Å²) < 4.78 is 15.2. The molecule has 0 saturated carbocycles. The first kappa shape index (κ1) is 11.2. The summed E-state index contributed by atoms with van der Waals surface area (Å²) in [6.45, 7) is 5.69. The molecule has 1 heterocycles. The van der Waals surface area contributed by atoms with E-state index < -0.39 is 11.4 Å². The Morgan fingerprint density at radius 3 is 2.43 bits per heavy atom. The van der Waals surface area contributed by atoms with Gasteiger partial charge in [-0.2, -0.15) is 0 Å². The lowest BCUT2D eigenvalue weighted by Gasteiger charge is -2.17. The van der Waals surface area contributed by atoms with Gasteiger partial charge < -0.3 is 4.55 Å². The fourth-order valence-corrected chi connectivity index (χ4v) is 1.25. The molecule has 0 N–H and O–H groups in total. The normalized spacial score (nSPS) is 14.6. The smallest absolute Gasteiger partial charge is 0.144 e. The van der Waals surface area contributed by atoms with E-state index in [2.05, 4.69) is 9.38 Å². The Bertz CT molecular complexity index is 306. The molecule has 0 aliphatic rings. The van der Waals surface area contributed by atoms with Gasteiger partial charge >= 0.3 is 0 Å². The zero-order valence-corrected chi connectivity index (χ0v) is 9.41. The highest BCUT2D eigenvalue weighted by atomic mass is 32.2. The molecule has 4 heteroatoms. The minimum Gasteiger partial charge on any atom is -0.591 e. The Kier molecular flexibility index (Phi) is 3.66. The van der Waals surface area contributed by atoms with Crippen LogP contribution in [-0.4, -0.2) is 20.5 Å². The minimum absolute atomic E-state index is 0.302. The third kappa shape index (κ3) is 3.47. The van der Waals surface area contributed by atoms with Crippen molar-refractivity contribution in [3.63, 3.8) is 0 Å². The summed E-state index contributed by atoms with van der Waals surface area (Å²) in [5, 5.41) is 0. The quantitative estimate of drug-likeness (QED) is 0.553. The summed E-state index contributed by atoms with van der Waals surface area (Å²) in [5.41, 5.74) is 0.914. The first-order chi connectivity index (χ1) is 6.50. The molecule has 1 aromatic rings. The van der Waals surface area contributed by atoms with Crippen LogP contribution >= 0.6 is 0 Å². The molecule has 0 spiro atoms. The molecule has 0 aliphatic carbocycles. The molecule has 0 saturated heterocycles. The number of hydrogen-bond acceptors (Lipinski definition) is 3. The average Bonchev–Trinajstić information content (AvgIpc) is 2.14. The number of hydrogen-bond donors (Lipinski definition) is 0. The van der Waals surface area contributed by atoms with Crippen molar-refractivity contribution in [1.82, 2.24) is 4.98 Å². The van der Waals surface area contributed by atoms with Gasteiger partial charge in [0.2, 0.25) is 0 Å². The Labute approximate surface area is 87.6 Å². The van der Waals surface area contributed by atoms with E-state index in [4.69, 9.17) is 0 Å². The van der Waals surface area contributed by atoms with Gasteiger partial charge in [0.25, 0.3) is 0 Å². The molecule has 14 heavy (non-hydrogen) atoms. The molecule has 0 bridgehead atoms. The van der Waals surface area contributed by atoms with Crippen molar-refractivity contribution in [2.45, 2.75) is 25.5 Å². The minimum atomic E-state index is -1.19. The largest absolute Gasteiger partial charge is 0.591 e. The van der Waals surface area contributed by atoms with Crippen molar-refractivity contribution < 1.29 is 4.55 Å². The molecule has 1 unspecified atom stereocenters. The molecular weight excluding hydrogens is 196 g/mol. The van der Waals surface area contributed by atoms with E-state index in [9.17, 15) is 4.55 Å². The van der Waals surface area contributed by atoms with Crippen molar-refractivity contribution in [3.8, 4) is 0 Å². The van der Waals surface area contributed by atoms with Crippen molar-refractivity contribution in [1.29, 1.82) is 0 Å². The van der Waals surface area contributed by atoms with Crippen molar-refractivity contribution in [2.24, 2.45) is 4.40 Å². The van der Waals surface area contributed by atoms with Crippen molar-refractivity contribution in [2.75, 3.05) is 0 Å². The third-order valence-corrected chi connectivity index (χ3v) is 2.87. The van der Waals surface area contributed by atoms with Crippen LogP contribution in [0.25, 0.3) is 0 Å². The molecule has 0 radical (unpaired) electrons. The molecule has 0 amide bonds. The van der Waals surface area contributed by atoms with Crippen LogP contribution in [0.3, 0.4) is 0 Å². The van der Waals surface area contributed by atoms with Gasteiger partial charge in [-0.3, -0.25) is 4.98 Å². The lowest BCUT2D eigenvalue weighted by Crippen LogP contribution is -2.25.